The van der Waals surface area contributed by atoms with Gasteiger partial charge in [0.05, 0.1) is 31.7 Å². The van der Waals surface area contributed by atoms with Crippen LogP contribution in [-0.4, -0.2) is 64.6 Å². The summed E-state index contributed by atoms with van der Waals surface area (Å²) in [6.45, 7) is 3.63. The van der Waals surface area contributed by atoms with Crippen molar-refractivity contribution in [3.63, 3.8) is 0 Å². The molecule has 0 radical (unpaired) electrons. The van der Waals surface area contributed by atoms with Gasteiger partial charge in [-0.25, -0.2) is 0 Å². The van der Waals surface area contributed by atoms with Crippen molar-refractivity contribution in [2.24, 2.45) is 7.05 Å². The highest BCUT2D eigenvalue weighted by molar-refractivity contribution is 5.90. The number of ether oxygens (including phenoxy) is 1. The summed E-state index contributed by atoms with van der Waals surface area (Å²) in [5, 5.41) is 11.8. The molecule has 2 aromatic carbocycles. The molecule has 190 valence electrons. The molecule has 7 nitrogen and oxygen atoms in total. The molecule has 2 aliphatic heterocycles. The van der Waals surface area contributed by atoms with Crippen molar-refractivity contribution in [2.75, 3.05) is 33.4 Å². The van der Waals surface area contributed by atoms with E-state index in [9.17, 15) is 14.7 Å². The minimum Gasteiger partial charge on any atom is -0.497 e. The Labute approximate surface area is 212 Å². The summed E-state index contributed by atoms with van der Waals surface area (Å²) in [7, 11) is 3.67. The molecule has 2 aliphatic rings. The Morgan fingerprint density at radius 1 is 1.08 bits per heavy atom. The number of hydrogen-bond donors (Lipinski definition) is 1. The average Bonchev–Trinajstić information content (AvgIpc) is 3.21. The molecule has 3 aromatic rings. The predicted molar refractivity (Wildman–Crippen MR) is 139 cm³/mol. The van der Waals surface area contributed by atoms with E-state index in [-0.39, 0.29) is 23.8 Å². The van der Waals surface area contributed by atoms with Crippen LogP contribution >= 0.6 is 0 Å². The summed E-state index contributed by atoms with van der Waals surface area (Å²) in [4.78, 5) is 30.0. The number of likely N-dealkylation sites (tertiary alicyclic amines) is 1. The molecule has 1 aromatic heterocycles. The first-order valence-electron chi connectivity index (χ1n) is 12.8. The smallest absolute Gasteiger partial charge is 0.227 e. The van der Waals surface area contributed by atoms with Crippen molar-refractivity contribution >= 4 is 22.7 Å². The number of hydrogen-bond acceptors (Lipinski definition) is 4. The number of carbonyl (C=O) groups excluding carboxylic acids is 2. The zero-order valence-electron chi connectivity index (χ0n) is 21.4. The summed E-state index contributed by atoms with van der Waals surface area (Å²) in [5.41, 5.74) is 3.91. The van der Waals surface area contributed by atoms with Gasteiger partial charge >= 0.3 is 0 Å². The van der Waals surface area contributed by atoms with E-state index in [1.54, 1.807) is 7.11 Å². The first kappa shape index (κ1) is 24.4. The van der Waals surface area contributed by atoms with Gasteiger partial charge < -0.3 is 24.2 Å². The number of aliphatic hydroxyl groups excluding tert-OH is 1. The minimum atomic E-state index is -0.430. The Balaban J connectivity index is 1.62. The molecular weight excluding hydrogens is 454 g/mol. The van der Waals surface area contributed by atoms with Crippen LogP contribution in [0.1, 0.15) is 49.0 Å². The first-order valence-corrected chi connectivity index (χ1v) is 12.8. The highest BCUT2D eigenvalue weighted by Crippen LogP contribution is 2.50. The van der Waals surface area contributed by atoms with E-state index < -0.39 is 6.04 Å². The van der Waals surface area contributed by atoms with E-state index in [4.69, 9.17) is 4.74 Å². The van der Waals surface area contributed by atoms with Gasteiger partial charge in [-0.1, -0.05) is 37.3 Å². The molecule has 7 heteroatoms. The van der Waals surface area contributed by atoms with Crippen molar-refractivity contribution in [1.82, 2.24) is 14.4 Å². The van der Waals surface area contributed by atoms with Gasteiger partial charge in [-0.3, -0.25) is 9.59 Å². The maximum absolute atomic E-state index is 13.7. The Bertz CT molecular complexity index is 1270. The third kappa shape index (κ3) is 3.95. The van der Waals surface area contributed by atoms with Gasteiger partial charge in [-0.05, 0) is 36.1 Å². The topological polar surface area (TPSA) is 75.0 Å². The molecule has 1 atom stereocenters. The first-order chi connectivity index (χ1) is 17.4. The van der Waals surface area contributed by atoms with E-state index in [0.29, 0.717) is 32.5 Å². The van der Waals surface area contributed by atoms with E-state index >= 15 is 0 Å². The van der Waals surface area contributed by atoms with Gasteiger partial charge in [0.1, 0.15) is 5.75 Å². The number of aliphatic hydroxyl groups is 1. The highest BCUT2D eigenvalue weighted by Gasteiger charge is 2.49. The third-order valence-corrected chi connectivity index (χ3v) is 8.22. The van der Waals surface area contributed by atoms with Crippen molar-refractivity contribution in [3.8, 4) is 5.75 Å². The molecule has 0 bridgehead atoms. The number of aromatic nitrogens is 1. The lowest BCUT2D eigenvalue weighted by atomic mass is 9.68. The SMILES string of the molecule is CCC(=O)N1CCC2(CC1)CN(C(=O)Cc1ccccc1)[C@@H](CO)c1c2c2ccc(OC)cc2n1C. The second-order valence-electron chi connectivity index (χ2n) is 10.1. The number of fused-ring (bicyclic) bond motifs is 4. The van der Waals surface area contributed by atoms with Crippen molar-refractivity contribution in [2.45, 2.75) is 44.1 Å². The van der Waals surface area contributed by atoms with Crippen LogP contribution in [0.3, 0.4) is 0 Å². The number of nitrogens with zero attached hydrogens (tertiary/aromatic N) is 3. The highest BCUT2D eigenvalue weighted by atomic mass is 16.5. The van der Waals surface area contributed by atoms with E-state index in [0.717, 1.165) is 40.8 Å². The maximum atomic E-state index is 13.7. The Kier molecular flexibility index (Phi) is 6.51. The van der Waals surface area contributed by atoms with Crippen LogP contribution in [0.2, 0.25) is 0 Å². The number of amides is 2. The average molecular weight is 490 g/mol. The maximum Gasteiger partial charge on any atom is 0.227 e. The number of benzene rings is 2. The molecule has 0 aliphatic carbocycles. The molecule has 1 N–H and O–H groups in total. The summed E-state index contributed by atoms with van der Waals surface area (Å²) in [5.74, 6) is 0.962. The Morgan fingerprint density at radius 3 is 2.44 bits per heavy atom. The number of rotatable bonds is 5. The van der Waals surface area contributed by atoms with Crippen molar-refractivity contribution in [3.05, 3.63) is 65.4 Å². The lowest BCUT2D eigenvalue weighted by Gasteiger charge is -2.50. The Morgan fingerprint density at radius 2 is 1.81 bits per heavy atom. The second kappa shape index (κ2) is 9.62. The van der Waals surface area contributed by atoms with Crippen LogP contribution in [0.25, 0.3) is 10.9 Å². The van der Waals surface area contributed by atoms with Gasteiger partial charge in [-0.15, -0.1) is 0 Å². The van der Waals surface area contributed by atoms with Gasteiger partial charge in [0.25, 0.3) is 0 Å². The van der Waals surface area contributed by atoms with E-state index in [1.807, 2.05) is 66.2 Å². The van der Waals surface area contributed by atoms with Crippen LogP contribution in [0.5, 0.6) is 5.75 Å². The van der Waals surface area contributed by atoms with Gasteiger partial charge in [0.15, 0.2) is 0 Å². The van der Waals surface area contributed by atoms with Crippen LogP contribution in [0, 0.1) is 0 Å². The molecular formula is C29H35N3O4. The molecule has 0 saturated carbocycles. The number of piperidine rings is 1. The molecule has 1 fully saturated rings. The summed E-state index contributed by atoms with van der Waals surface area (Å²) in [6, 6.07) is 15.5. The fourth-order valence-corrected chi connectivity index (χ4v) is 6.31. The van der Waals surface area contributed by atoms with Crippen LogP contribution in [-0.2, 0) is 28.5 Å². The van der Waals surface area contributed by atoms with Crippen LogP contribution in [0.4, 0.5) is 0 Å². The molecule has 2 amide bonds. The monoisotopic (exact) mass is 489 g/mol. The normalized spacial score (nSPS) is 18.9. The zero-order chi connectivity index (χ0) is 25.4. The predicted octanol–water partition coefficient (Wildman–Crippen LogP) is 3.58. The molecule has 3 heterocycles. The van der Waals surface area contributed by atoms with Crippen molar-refractivity contribution in [1.29, 1.82) is 0 Å². The van der Waals surface area contributed by atoms with Gasteiger partial charge in [0, 0.05) is 55.7 Å². The molecule has 0 unspecified atom stereocenters. The number of methoxy groups -OCH3 is 1. The molecule has 1 saturated heterocycles. The molecule has 1 spiro atoms. The summed E-state index contributed by atoms with van der Waals surface area (Å²) < 4.78 is 7.63. The third-order valence-electron chi connectivity index (χ3n) is 8.22. The second-order valence-corrected chi connectivity index (χ2v) is 10.1. The fourth-order valence-electron chi connectivity index (χ4n) is 6.31. The molecule has 5 rings (SSSR count). The van der Waals surface area contributed by atoms with Crippen LogP contribution < -0.4 is 4.74 Å². The zero-order valence-corrected chi connectivity index (χ0v) is 21.4. The molecule has 36 heavy (non-hydrogen) atoms. The minimum absolute atomic E-state index is 0.0141. The Hall–Kier alpha value is -3.32. The lowest BCUT2D eigenvalue weighted by Crippen LogP contribution is -2.56. The van der Waals surface area contributed by atoms with E-state index in [1.165, 1.54) is 5.56 Å². The standard InChI is InChI=1S/C29H35N3O4/c1-4-25(34)31-14-12-29(13-15-31)19-32(26(35)16-20-8-6-5-7-9-20)24(18-33)28-27(29)22-11-10-21(36-3)17-23(22)30(28)2/h5-11,17,24,33H,4,12-16,18-19H2,1-3H3/t24-/m0/s1. The fraction of sp³-hybridized carbons (Fsp3) is 0.448. The quantitative estimate of drug-likeness (QED) is 0.595. The summed E-state index contributed by atoms with van der Waals surface area (Å²) >= 11 is 0. The largest absolute Gasteiger partial charge is 0.497 e. The van der Waals surface area contributed by atoms with Crippen molar-refractivity contribution < 1.29 is 19.4 Å². The number of carbonyl (C=O) groups is 2. The van der Waals surface area contributed by atoms with E-state index in [2.05, 4.69) is 10.6 Å². The van der Waals surface area contributed by atoms with Gasteiger partial charge in [-0.2, -0.15) is 0 Å². The lowest BCUT2D eigenvalue weighted by molar-refractivity contribution is -0.138. The van der Waals surface area contributed by atoms with Crippen LogP contribution in [0.15, 0.2) is 48.5 Å². The van der Waals surface area contributed by atoms with Gasteiger partial charge in [0.2, 0.25) is 11.8 Å². The number of aryl methyl sites for hydroxylation is 1. The summed E-state index contributed by atoms with van der Waals surface area (Å²) in [6.07, 6.45) is 2.36.